The number of benzene rings is 2. The van der Waals surface area contributed by atoms with E-state index in [1.807, 2.05) is 0 Å². The van der Waals surface area contributed by atoms with Crippen molar-refractivity contribution in [2.45, 2.75) is 25.6 Å². The summed E-state index contributed by atoms with van der Waals surface area (Å²) in [5.41, 5.74) is 3.09. The van der Waals surface area contributed by atoms with Crippen LogP contribution in [0.5, 0.6) is 0 Å². The largest absolute Gasteiger partial charge is 0.386 e. The van der Waals surface area contributed by atoms with Crippen LogP contribution >= 0.6 is 0 Å². The Morgan fingerprint density at radius 3 is 2.61 bits per heavy atom. The van der Waals surface area contributed by atoms with Gasteiger partial charge in [0.1, 0.15) is 11.4 Å². The second-order valence-electron chi connectivity index (χ2n) is 7.56. The predicted octanol–water partition coefficient (Wildman–Crippen LogP) is 3.15. The molecule has 3 aromatic rings. The Labute approximate surface area is 188 Å². The molecular formula is C23H23FN4O5. The van der Waals surface area contributed by atoms with Gasteiger partial charge in [-0.2, -0.15) is 0 Å². The monoisotopic (exact) mass is 454 g/mol. The molecule has 1 aliphatic rings. The first-order valence-electron chi connectivity index (χ1n) is 10.5. The molecule has 0 bridgehead atoms. The van der Waals surface area contributed by atoms with E-state index in [0.717, 1.165) is 12.8 Å². The number of aromatic amines is 1. The minimum absolute atomic E-state index is 0.169. The summed E-state index contributed by atoms with van der Waals surface area (Å²) >= 11 is 0. The van der Waals surface area contributed by atoms with Crippen molar-refractivity contribution in [1.29, 1.82) is 0 Å². The molecule has 4 N–H and O–H groups in total. The van der Waals surface area contributed by atoms with Crippen LogP contribution in [0.1, 0.15) is 40.0 Å². The first-order chi connectivity index (χ1) is 15.9. The number of anilines is 2. The van der Waals surface area contributed by atoms with Crippen LogP contribution in [0.15, 0.2) is 47.3 Å². The van der Waals surface area contributed by atoms with Crippen LogP contribution in [-0.2, 0) is 9.57 Å². The number of fused-ring (bicyclic) bond motifs is 1. The number of nitrogens with one attached hydrogen (secondary N) is 4. The van der Waals surface area contributed by atoms with Gasteiger partial charge in [0.2, 0.25) is 0 Å². The summed E-state index contributed by atoms with van der Waals surface area (Å²) in [5.74, 6) is -1.61. The van der Waals surface area contributed by atoms with Crippen molar-refractivity contribution in [2.24, 2.45) is 0 Å². The van der Waals surface area contributed by atoms with Crippen molar-refractivity contribution in [1.82, 2.24) is 10.5 Å². The molecule has 1 unspecified atom stereocenters. The summed E-state index contributed by atoms with van der Waals surface area (Å²) in [4.78, 5) is 45.2. The molecule has 1 fully saturated rings. The molecule has 0 saturated carbocycles. The highest BCUT2D eigenvalue weighted by molar-refractivity contribution is 6.06. The van der Waals surface area contributed by atoms with Crippen molar-refractivity contribution in [3.05, 3.63) is 69.8 Å². The Morgan fingerprint density at radius 1 is 1.12 bits per heavy atom. The molecule has 2 aromatic carbocycles. The fourth-order valence-electron chi connectivity index (χ4n) is 3.53. The first-order valence-corrected chi connectivity index (χ1v) is 10.5. The number of halogens is 1. The molecule has 4 rings (SSSR count). The molecule has 1 aliphatic heterocycles. The Balaban J connectivity index is 1.44. The quantitative estimate of drug-likeness (QED) is 0.425. The number of amides is 2. The lowest BCUT2D eigenvalue weighted by Gasteiger charge is -2.22. The van der Waals surface area contributed by atoms with Crippen LogP contribution in [0.3, 0.4) is 0 Å². The number of hydrogen-bond acceptors (Lipinski definition) is 6. The zero-order chi connectivity index (χ0) is 23.4. The summed E-state index contributed by atoms with van der Waals surface area (Å²) in [6, 6.07) is 9.89. The number of carbonyl (C=O) groups is 2. The third-order valence-electron chi connectivity index (χ3n) is 5.26. The van der Waals surface area contributed by atoms with E-state index >= 15 is 0 Å². The molecule has 9 nitrogen and oxygen atoms in total. The average Bonchev–Trinajstić information content (AvgIpc) is 2.83. The fourth-order valence-corrected chi connectivity index (χ4v) is 3.53. The average molecular weight is 454 g/mol. The van der Waals surface area contributed by atoms with Gasteiger partial charge in [0.15, 0.2) is 6.29 Å². The number of H-pyrrole nitrogens is 1. The number of aromatic nitrogens is 1. The van der Waals surface area contributed by atoms with Crippen LogP contribution in [-0.4, -0.2) is 36.7 Å². The second-order valence-corrected chi connectivity index (χ2v) is 7.56. The lowest BCUT2D eigenvalue weighted by Crippen LogP contribution is -2.33. The van der Waals surface area contributed by atoms with Crippen molar-refractivity contribution >= 4 is 34.1 Å². The van der Waals surface area contributed by atoms with E-state index in [1.54, 1.807) is 7.05 Å². The van der Waals surface area contributed by atoms with Crippen molar-refractivity contribution in [3.8, 4) is 0 Å². The molecule has 0 aliphatic carbocycles. The SMILES string of the molecule is CNc1cc(F)cc2cc(C(=O)Nc3ccc(C(=O)NOC4CCCCO4)cc3)c(=O)[nH]c12. The molecule has 1 saturated heterocycles. The maximum atomic E-state index is 13.8. The highest BCUT2D eigenvalue weighted by atomic mass is 19.1. The molecule has 1 atom stereocenters. The Kier molecular flexibility index (Phi) is 6.66. The van der Waals surface area contributed by atoms with E-state index in [9.17, 15) is 18.8 Å². The summed E-state index contributed by atoms with van der Waals surface area (Å²) in [7, 11) is 1.60. The van der Waals surface area contributed by atoms with Gasteiger partial charge in [-0.15, -0.1) is 0 Å². The normalized spacial score (nSPS) is 15.8. The zero-order valence-corrected chi connectivity index (χ0v) is 17.9. The van der Waals surface area contributed by atoms with E-state index in [1.165, 1.54) is 42.5 Å². The molecule has 172 valence electrons. The molecule has 33 heavy (non-hydrogen) atoms. The maximum Gasteiger partial charge on any atom is 0.274 e. The summed E-state index contributed by atoms with van der Waals surface area (Å²) in [5, 5.41) is 5.79. The lowest BCUT2D eigenvalue weighted by atomic mass is 10.1. The summed E-state index contributed by atoms with van der Waals surface area (Å²) in [6.45, 7) is 0.598. The minimum Gasteiger partial charge on any atom is -0.386 e. The van der Waals surface area contributed by atoms with E-state index in [0.29, 0.717) is 40.9 Å². The van der Waals surface area contributed by atoms with Gasteiger partial charge in [0.25, 0.3) is 17.4 Å². The summed E-state index contributed by atoms with van der Waals surface area (Å²) < 4.78 is 19.2. The van der Waals surface area contributed by atoms with Gasteiger partial charge in [-0.1, -0.05) is 0 Å². The standard InChI is InChI=1S/C23H23FN4O5/c1-25-18-12-15(24)10-14-11-17(23(31)27-20(14)18)22(30)26-16-7-5-13(6-8-16)21(29)28-33-19-4-2-3-9-32-19/h5-8,10-12,19,25H,2-4,9H2,1H3,(H,26,30)(H,27,31)(H,28,29). The highest BCUT2D eigenvalue weighted by Crippen LogP contribution is 2.23. The maximum absolute atomic E-state index is 13.8. The predicted molar refractivity (Wildman–Crippen MR) is 121 cm³/mol. The Bertz CT molecular complexity index is 1240. The molecule has 2 amide bonds. The van der Waals surface area contributed by atoms with E-state index < -0.39 is 29.5 Å². The smallest absolute Gasteiger partial charge is 0.274 e. The van der Waals surface area contributed by atoms with Crippen LogP contribution < -0.4 is 21.7 Å². The van der Waals surface area contributed by atoms with Crippen molar-refractivity contribution in [3.63, 3.8) is 0 Å². The number of carbonyl (C=O) groups excluding carboxylic acids is 2. The molecule has 0 radical (unpaired) electrons. The number of hydroxylamine groups is 1. The van der Waals surface area contributed by atoms with Crippen LogP contribution in [0.4, 0.5) is 15.8 Å². The molecule has 10 heteroatoms. The Hall–Kier alpha value is -3.76. The number of ether oxygens (including phenoxy) is 1. The second kappa shape index (κ2) is 9.80. The van der Waals surface area contributed by atoms with Gasteiger partial charge in [-0.05, 0) is 55.3 Å². The first kappa shape index (κ1) is 22.4. The van der Waals surface area contributed by atoms with Crippen molar-refractivity contribution in [2.75, 3.05) is 24.3 Å². The van der Waals surface area contributed by atoms with Gasteiger partial charge in [0, 0.05) is 36.7 Å². The lowest BCUT2D eigenvalue weighted by molar-refractivity contribution is -0.186. The third-order valence-corrected chi connectivity index (χ3v) is 5.26. The van der Waals surface area contributed by atoms with Crippen LogP contribution in [0, 0.1) is 5.82 Å². The number of rotatable bonds is 6. The fraction of sp³-hybridized carbons (Fsp3) is 0.261. The van der Waals surface area contributed by atoms with Crippen molar-refractivity contribution < 1.29 is 23.6 Å². The molecule has 2 heterocycles. The number of hydrogen-bond donors (Lipinski definition) is 4. The van der Waals surface area contributed by atoms with E-state index in [2.05, 4.69) is 21.1 Å². The molecule has 0 spiro atoms. The zero-order valence-electron chi connectivity index (χ0n) is 17.9. The topological polar surface area (TPSA) is 122 Å². The van der Waals surface area contributed by atoms with Gasteiger partial charge in [-0.3, -0.25) is 14.4 Å². The van der Waals surface area contributed by atoms with Gasteiger partial charge in [-0.25, -0.2) is 14.7 Å². The van der Waals surface area contributed by atoms with Gasteiger partial charge in [0.05, 0.1) is 11.2 Å². The third kappa shape index (κ3) is 5.18. The molecular weight excluding hydrogens is 431 g/mol. The molecule has 1 aromatic heterocycles. The minimum atomic E-state index is -0.664. The van der Waals surface area contributed by atoms with Gasteiger partial charge < -0.3 is 20.4 Å². The van der Waals surface area contributed by atoms with Crippen LogP contribution in [0.2, 0.25) is 0 Å². The summed E-state index contributed by atoms with van der Waals surface area (Å²) in [6.07, 6.45) is 2.20. The highest BCUT2D eigenvalue weighted by Gasteiger charge is 2.17. The van der Waals surface area contributed by atoms with Crippen LogP contribution in [0.25, 0.3) is 10.9 Å². The van der Waals surface area contributed by atoms with E-state index in [-0.39, 0.29) is 5.56 Å². The number of pyridine rings is 1. The van der Waals surface area contributed by atoms with E-state index in [4.69, 9.17) is 9.57 Å². The van der Waals surface area contributed by atoms with Gasteiger partial charge >= 0.3 is 0 Å². The Morgan fingerprint density at radius 2 is 1.91 bits per heavy atom.